The van der Waals surface area contributed by atoms with E-state index < -0.39 is 0 Å². The molecule has 6 nitrogen and oxygen atoms in total. The van der Waals surface area contributed by atoms with Gasteiger partial charge in [-0.05, 0) is 55.8 Å². The third kappa shape index (κ3) is 4.94. The van der Waals surface area contributed by atoms with E-state index in [0.29, 0.717) is 22.8 Å². The molecular weight excluding hydrogens is 352 g/mol. The average molecular weight is 374 g/mol. The Morgan fingerprint density at radius 3 is 2.29 bits per heavy atom. The van der Waals surface area contributed by atoms with E-state index >= 15 is 0 Å². The van der Waals surface area contributed by atoms with Crippen LogP contribution in [-0.4, -0.2) is 16.8 Å². The second-order valence-electron chi connectivity index (χ2n) is 6.59. The van der Waals surface area contributed by atoms with Gasteiger partial charge in [0.2, 0.25) is 5.91 Å². The fourth-order valence-electron chi connectivity index (χ4n) is 2.78. The maximum absolute atomic E-state index is 12.4. The Labute approximate surface area is 164 Å². The summed E-state index contributed by atoms with van der Waals surface area (Å²) in [4.78, 5) is 27.9. The predicted molar refractivity (Wildman–Crippen MR) is 112 cm³/mol. The van der Waals surface area contributed by atoms with Gasteiger partial charge in [0.25, 0.3) is 5.91 Å². The van der Waals surface area contributed by atoms with Crippen LogP contribution in [0.2, 0.25) is 0 Å². The van der Waals surface area contributed by atoms with Gasteiger partial charge in [-0.3, -0.25) is 9.59 Å². The lowest BCUT2D eigenvalue weighted by molar-refractivity contribution is -0.114. The van der Waals surface area contributed by atoms with E-state index in [2.05, 4.69) is 27.0 Å². The largest absolute Gasteiger partial charge is 0.340 e. The smallest absolute Gasteiger partial charge is 0.257 e. The van der Waals surface area contributed by atoms with Gasteiger partial charge in [0.05, 0.1) is 5.56 Å². The van der Waals surface area contributed by atoms with Crippen LogP contribution < -0.4 is 16.0 Å². The van der Waals surface area contributed by atoms with E-state index in [1.807, 2.05) is 26.0 Å². The molecule has 3 N–H and O–H groups in total. The quantitative estimate of drug-likeness (QED) is 0.607. The molecule has 6 heteroatoms. The second kappa shape index (κ2) is 8.35. The Balaban J connectivity index is 1.67. The second-order valence-corrected chi connectivity index (χ2v) is 6.59. The van der Waals surface area contributed by atoms with Crippen molar-refractivity contribution in [2.24, 2.45) is 0 Å². The summed E-state index contributed by atoms with van der Waals surface area (Å²) >= 11 is 0. The highest BCUT2D eigenvalue weighted by molar-refractivity contribution is 6.04. The van der Waals surface area contributed by atoms with Crippen LogP contribution in [0.1, 0.15) is 28.4 Å². The van der Waals surface area contributed by atoms with Crippen molar-refractivity contribution in [3.05, 3.63) is 77.5 Å². The highest BCUT2D eigenvalue weighted by Crippen LogP contribution is 2.21. The van der Waals surface area contributed by atoms with Crippen LogP contribution in [-0.2, 0) is 4.79 Å². The SMILES string of the molecule is CC(=O)Nc1cccc(NC(=O)c2ccc(Nc3ccc(C)cc3C)nc2)c1. The zero-order valence-electron chi connectivity index (χ0n) is 16.0. The molecule has 0 aliphatic rings. The van der Waals surface area contributed by atoms with Crippen LogP contribution in [0.3, 0.4) is 0 Å². The summed E-state index contributed by atoms with van der Waals surface area (Å²) in [5.74, 6) is 0.223. The van der Waals surface area contributed by atoms with Crippen LogP contribution in [0, 0.1) is 13.8 Å². The number of anilines is 4. The van der Waals surface area contributed by atoms with Gasteiger partial charge in [0.1, 0.15) is 5.82 Å². The van der Waals surface area contributed by atoms with Gasteiger partial charge in [0.15, 0.2) is 0 Å². The van der Waals surface area contributed by atoms with E-state index in [9.17, 15) is 9.59 Å². The minimum absolute atomic E-state index is 0.167. The van der Waals surface area contributed by atoms with Crippen molar-refractivity contribution in [2.45, 2.75) is 20.8 Å². The molecule has 0 saturated carbocycles. The van der Waals surface area contributed by atoms with E-state index in [4.69, 9.17) is 0 Å². The fourth-order valence-corrected chi connectivity index (χ4v) is 2.78. The van der Waals surface area contributed by atoms with Crippen molar-refractivity contribution in [1.29, 1.82) is 0 Å². The first-order chi connectivity index (χ1) is 13.4. The maximum Gasteiger partial charge on any atom is 0.257 e. The monoisotopic (exact) mass is 374 g/mol. The number of amides is 2. The molecule has 3 aromatic rings. The van der Waals surface area contributed by atoms with Gasteiger partial charge >= 0.3 is 0 Å². The third-order valence-corrected chi connectivity index (χ3v) is 4.11. The van der Waals surface area contributed by atoms with Crippen molar-refractivity contribution in [3.8, 4) is 0 Å². The zero-order valence-corrected chi connectivity index (χ0v) is 16.0. The normalized spacial score (nSPS) is 10.2. The van der Waals surface area contributed by atoms with Crippen LogP contribution in [0.5, 0.6) is 0 Å². The van der Waals surface area contributed by atoms with Crippen molar-refractivity contribution in [2.75, 3.05) is 16.0 Å². The molecule has 2 aromatic carbocycles. The summed E-state index contributed by atoms with van der Waals surface area (Å²) in [6.45, 7) is 5.52. The molecule has 3 rings (SSSR count). The maximum atomic E-state index is 12.4. The Bertz CT molecular complexity index is 1010. The molecule has 0 unspecified atom stereocenters. The number of nitrogens with zero attached hydrogens (tertiary/aromatic N) is 1. The lowest BCUT2D eigenvalue weighted by atomic mass is 10.1. The average Bonchev–Trinajstić information content (AvgIpc) is 2.64. The Hall–Kier alpha value is -3.67. The topological polar surface area (TPSA) is 83.1 Å². The first-order valence-corrected chi connectivity index (χ1v) is 8.90. The molecule has 1 aromatic heterocycles. The zero-order chi connectivity index (χ0) is 20.1. The molecule has 0 aliphatic heterocycles. The van der Waals surface area contributed by atoms with Crippen LogP contribution in [0.25, 0.3) is 0 Å². The standard InChI is InChI=1S/C22H22N4O2/c1-14-7-9-20(15(2)11-14)26-21-10-8-17(13-23-21)22(28)25-19-6-4-5-18(12-19)24-16(3)27/h4-13H,1-3H3,(H,23,26)(H,24,27)(H,25,28). The molecule has 0 aliphatic carbocycles. The number of aryl methyl sites for hydroxylation is 2. The van der Waals surface area contributed by atoms with Gasteiger partial charge in [-0.1, -0.05) is 23.8 Å². The molecule has 0 atom stereocenters. The van der Waals surface area contributed by atoms with E-state index in [1.54, 1.807) is 36.4 Å². The van der Waals surface area contributed by atoms with Gasteiger partial charge in [-0.2, -0.15) is 0 Å². The minimum Gasteiger partial charge on any atom is -0.340 e. The van der Waals surface area contributed by atoms with Gasteiger partial charge < -0.3 is 16.0 Å². The molecule has 142 valence electrons. The fraction of sp³-hybridized carbons (Fsp3) is 0.136. The Morgan fingerprint density at radius 2 is 1.64 bits per heavy atom. The van der Waals surface area contributed by atoms with E-state index in [-0.39, 0.29) is 11.8 Å². The molecule has 1 heterocycles. The van der Waals surface area contributed by atoms with Gasteiger partial charge in [-0.25, -0.2) is 4.98 Å². The van der Waals surface area contributed by atoms with Crippen LogP contribution in [0.4, 0.5) is 22.9 Å². The highest BCUT2D eigenvalue weighted by Gasteiger charge is 2.08. The number of carbonyl (C=O) groups excluding carboxylic acids is 2. The molecule has 0 saturated heterocycles. The van der Waals surface area contributed by atoms with E-state index in [0.717, 1.165) is 11.3 Å². The number of aromatic nitrogens is 1. The van der Waals surface area contributed by atoms with Gasteiger partial charge in [-0.15, -0.1) is 0 Å². The molecule has 2 amide bonds. The summed E-state index contributed by atoms with van der Waals surface area (Å²) < 4.78 is 0. The number of nitrogens with one attached hydrogen (secondary N) is 3. The molecule has 0 fully saturated rings. The first kappa shape index (κ1) is 19.1. The summed E-state index contributed by atoms with van der Waals surface area (Å²) in [5.41, 5.74) is 4.96. The number of benzene rings is 2. The number of hydrogen-bond donors (Lipinski definition) is 3. The number of rotatable bonds is 5. The molecular formula is C22H22N4O2. The lowest BCUT2D eigenvalue weighted by Crippen LogP contribution is -2.13. The van der Waals surface area contributed by atoms with Crippen molar-refractivity contribution < 1.29 is 9.59 Å². The third-order valence-electron chi connectivity index (χ3n) is 4.11. The molecule has 0 bridgehead atoms. The molecule has 28 heavy (non-hydrogen) atoms. The Morgan fingerprint density at radius 1 is 0.893 bits per heavy atom. The van der Waals surface area contributed by atoms with Crippen molar-refractivity contribution in [3.63, 3.8) is 0 Å². The Kier molecular flexibility index (Phi) is 5.69. The van der Waals surface area contributed by atoms with Crippen LogP contribution in [0.15, 0.2) is 60.8 Å². The summed E-state index contributed by atoms with van der Waals surface area (Å²) in [6.07, 6.45) is 1.53. The summed E-state index contributed by atoms with van der Waals surface area (Å²) in [5, 5.41) is 8.75. The van der Waals surface area contributed by atoms with Crippen LogP contribution >= 0.6 is 0 Å². The summed E-state index contributed by atoms with van der Waals surface area (Å²) in [7, 11) is 0. The van der Waals surface area contributed by atoms with E-state index in [1.165, 1.54) is 18.7 Å². The number of carbonyl (C=O) groups is 2. The summed E-state index contributed by atoms with van der Waals surface area (Å²) in [6, 6.07) is 16.6. The minimum atomic E-state index is -0.273. The number of pyridine rings is 1. The van der Waals surface area contributed by atoms with Crippen molar-refractivity contribution >= 4 is 34.7 Å². The lowest BCUT2D eigenvalue weighted by Gasteiger charge is -2.11. The number of hydrogen-bond acceptors (Lipinski definition) is 4. The van der Waals surface area contributed by atoms with Crippen molar-refractivity contribution in [1.82, 2.24) is 4.98 Å². The first-order valence-electron chi connectivity index (χ1n) is 8.90. The molecule has 0 radical (unpaired) electrons. The predicted octanol–water partition coefficient (Wildman–Crippen LogP) is 4.65. The highest BCUT2D eigenvalue weighted by atomic mass is 16.2. The molecule has 0 spiro atoms. The van der Waals surface area contributed by atoms with Gasteiger partial charge in [0, 0.05) is 30.2 Å².